The number of aryl methyl sites for hydroxylation is 2. The lowest BCUT2D eigenvalue weighted by atomic mass is 10.1. The van der Waals surface area contributed by atoms with Crippen LogP contribution in [0.2, 0.25) is 0 Å². The molecule has 1 N–H and O–H groups in total. The van der Waals surface area contributed by atoms with Crippen molar-refractivity contribution in [3.63, 3.8) is 0 Å². The van der Waals surface area contributed by atoms with Crippen molar-refractivity contribution < 1.29 is 9.53 Å². The van der Waals surface area contributed by atoms with Crippen LogP contribution in [0.1, 0.15) is 40.1 Å². The van der Waals surface area contributed by atoms with Crippen molar-refractivity contribution in [2.45, 2.75) is 33.5 Å². The van der Waals surface area contributed by atoms with E-state index in [-0.39, 0.29) is 18.7 Å². The summed E-state index contributed by atoms with van der Waals surface area (Å²) in [5.74, 6) is 0.591. The van der Waals surface area contributed by atoms with Gasteiger partial charge in [0.25, 0.3) is 5.91 Å². The number of ether oxygens (including phenoxy) is 1. The van der Waals surface area contributed by atoms with Crippen LogP contribution >= 0.6 is 0 Å². The molecule has 0 fully saturated rings. The Balaban J connectivity index is 1.59. The third kappa shape index (κ3) is 4.51. The molecule has 2 aromatic carbocycles. The van der Waals surface area contributed by atoms with Crippen LogP contribution in [0.25, 0.3) is 0 Å². The number of amides is 1. The van der Waals surface area contributed by atoms with Crippen LogP contribution in [0.15, 0.2) is 60.8 Å². The number of nitrogens with one attached hydrogen (secondary N) is 1. The van der Waals surface area contributed by atoms with Gasteiger partial charge < -0.3 is 10.1 Å². The van der Waals surface area contributed by atoms with Gasteiger partial charge in [0.15, 0.2) is 6.73 Å². The fraction of sp³-hybridized carbons (Fsp3) is 0.238. The molecule has 1 atom stereocenters. The smallest absolute Gasteiger partial charge is 0.272 e. The largest absolute Gasteiger partial charge is 0.471 e. The minimum atomic E-state index is -0.202. The first-order valence-electron chi connectivity index (χ1n) is 8.61. The van der Waals surface area contributed by atoms with E-state index in [9.17, 15) is 4.79 Å². The van der Waals surface area contributed by atoms with Crippen molar-refractivity contribution in [1.29, 1.82) is 0 Å². The maximum Gasteiger partial charge on any atom is 0.272 e. The summed E-state index contributed by atoms with van der Waals surface area (Å²) in [6.45, 7) is 6.27. The summed E-state index contributed by atoms with van der Waals surface area (Å²) in [5, 5.41) is 7.26. The van der Waals surface area contributed by atoms with Crippen LogP contribution < -0.4 is 10.1 Å². The summed E-state index contributed by atoms with van der Waals surface area (Å²) in [7, 11) is 0. The maximum absolute atomic E-state index is 12.4. The summed E-state index contributed by atoms with van der Waals surface area (Å²) in [5.41, 5.74) is 3.72. The molecule has 0 saturated heterocycles. The van der Waals surface area contributed by atoms with Gasteiger partial charge in [0.05, 0.1) is 6.04 Å². The molecule has 0 bridgehead atoms. The fourth-order valence-corrected chi connectivity index (χ4v) is 2.81. The normalized spacial score (nSPS) is 11.8. The van der Waals surface area contributed by atoms with Crippen LogP contribution in [0, 0.1) is 13.8 Å². The average Bonchev–Trinajstić information content (AvgIpc) is 3.09. The van der Waals surface area contributed by atoms with Crippen molar-refractivity contribution in [2.75, 3.05) is 0 Å². The molecule has 0 saturated carbocycles. The number of hydrogen-bond donors (Lipinski definition) is 1. The molecule has 134 valence electrons. The van der Waals surface area contributed by atoms with Crippen LogP contribution in [0.4, 0.5) is 0 Å². The number of rotatable bonds is 6. The van der Waals surface area contributed by atoms with Crippen LogP contribution in [0.3, 0.4) is 0 Å². The Morgan fingerprint density at radius 3 is 2.50 bits per heavy atom. The van der Waals surface area contributed by atoms with Gasteiger partial charge in [-0.1, -0.05) is 36.4 Å². The lowest BCUT2D eigenvalue weighted by molar-refractivity contribution is 0.0932. The zero-order valence-electron chi connectivity index (χ0n) is 15.3. The predicted octanol–water partition coefficient (Wildman–Crippen LogP) is 4.03. The summed E-state index contributed by atoms with van der Waals surface area (Å²) < 4.78 is 7.38. The van der Waals surface area contributed by atoms with Crippen LogP contribution in [-0.2, 0) is 6.73 Å². The quantitative estimate of drug-likeness (QED) is 0.731. The van der Waals surface area contributed by atoms with E-state index in [1.807, 2.05) is 63.2 Å². The molecule has 3 aromatic rings. The predicted molar refractivity (Wildman–Crippen MR) is 101 cm³/mol. The highest BCUT2D eigenvalue weighted by Gasteiger charge is 2.13. The number of benzene rings is 2. The minimum absolute atomic E-state index is 0.0830. The first-order chi connectivity index (χ1) is 12.5. The van der Waals surface area contributed by atoms with Gasteiger partial charge in [0.1, 0.15) is 11.4 Å². The number of aromatic nitrogens is 2. The van der Waals surface area contributed by atoms with Crippen molar-refractivity contribution in [3.8, 4) is 5.75 Å². The van der Waals surface area contributed by atoms with Gasteiger partial charge in [-0.25, -0.2) is 4.68 Å². The van der Waals surface area contributed by atoms with Gasteiger partial charge in [0.2, 0.25) is 0 Å². The van der Waals surface area contributed by atoms with Crippen molar-refractivity contribution in [2.24, 2.45) is 0 Å². The first kappa shape index (κ1) is 17.7. The lowest BCUT2D eigenvalue weighted by Crippen LogP contribution is -2.27. The zero-order valence-corrected chi connectivity index (χ0v) is 15.3. The zero-order chi connectivity index (χ0) is 18.5. The van der Waals surface area contributed by atoms with Crippen LogP contribution in [0.5, 0.6) is 5.75 Å². The van der Waals surface area contributed by atoms with E-state index in [1.54, 1.807) is 16.9 Å². The minimum Gasteiger partial charge on any atom is -0.471 e. The molecule has 1 unspecified atom stereocenters. The van der Waals surface area contributed by atoms with Crippen molar-refractivity contribution >= 4 is 5.91 Å². The Kier molecular flexibility index (Phi) is 5.37. The Bertz CT molecular complexity index is 867. The topological polar surface area (TPSA) is 56.1 Å². The van der Waals surface area contributed by atoms with Crippen molar-refractivity contribution in [3.05, 3.63) is 83.2 Å². The first-order valence-corrected chi connectivity index (χ1v) is 8.61. The standard InChI is InChI=1S/C21H23N3O2/c1-15-11-16(2)13-19(12-15)26-14-24-10-9-20(23-24)21(25)22-17(3)18-7-5-4-6-8-18/h4-13,17H,14H2,1-3H3,(H,22,25). The third-order valence-corrected chi connectivity index (χ3v) is 4.08. The van der Waals surface area contributed by atoms with E-state index in [4.69, 9.17) is 4.74 Å². The summed E-state index contributed by atoms with van der Waals surface area (Å²) in [4.78, 5) is 12.4. The highest BCUT2D eigenvalue weighted by molar-refractivity contribution is 5.92. The van der Waals surface area contributed by atoms with Gasteiger partial charge >= 0.3 is 0 Å². The lowest BCUT2D eigenvalue weighted by Gasteiger charge is -2.13. The SMILES string of the molecule is Cc1cc(C)cc(OCn2ccc(C(=O)NC(C)c3ccccc3)n2)c1. The third-order valence-electron chi connectivity index (χ3n) is 4.08. The number of carbonyl (C=O) groups excluding carboxylic acids is 1. The molecule has 1 heterocycles. The highest BCUT2D eigenvalue weighted by atomic mass is 16.5. The van der Waals surface area contributed by atoms with E-state index >= 15 is 0 Å². The van der Waals surface area contributed by atoms with Gasteiger partial charge in [-0.3, -0.25) is 4.79 Å². The molecule has 5 nitrogen and oxygen atoms in total. The van der Waals surface area contributed by atoms with E-state index in [2.05, 4.69) is 16.5 Å². The molecular formula is C21H23N3O2. The monoisotopic (exact) mass is 349 g/mol. The number of carbonyl (C=O) groups is 1. The molecule has 0 spiro atoms. The molecule has 0 aliphatic carbocycles. The molecular weight excluding hydrogens is 326 g/mol. The van der Waals surface area contributed by atoms with Gasteiger partial charge in [-0.05, 0) is 55.7 Å². The average molecular weight is 349 g/mol. The second kappa shape index (κ2) is 7.87. The Hall–Kier alpha value is -3.08. The second-order valence-corrected chi connectivity index (χ2v) is 6.44. The fourth-order valence-electron chi connectivity index (χ4n) is 2.81. The highest BCUT2D eigenvalue weighted by Crippen LogP contribution is 2.17. The molecule has 26 heavy (non-hydrogen) atoms. The Labute approximate surface area is 153 Å². The molecule has 3 rings (SSSR count). The van der Waals surface area contributed by atoms with Crippen LogP contribution in [-0.4, -0.2) is 15.7 Å². The van der Waals surface area contributed by atoms with E-state index < -0.39 is 0 Å². The maximum atomic E-state index is 12.4. The van der Waals surface area contributed by atoms with Gasteiger partial charge in [-0.15, -0.1) is 0 Å². The van der Waals surface area contributed by atoms with Gasteiger partial charge in [-0.2, -0.15) is 5.10 Å². The summed E-state index contributed by atoms with van der Waals surface area (Å²) >= 11 is 0. The summed E-state index contributed by atoms with van der Waals surface area (Å²) in [6, 6.07) is 17.5. The molecule has 1 aromatic heterocycles. The molecule has 0 radical (unpaired) electrons. The van der Waals surface area contributed by atoms with Crippen molar-refractivity contribution in [1.82, 2.24) is 15.1 Å². The molecule has 0 aliphatic rings. The number of nitrogens with zero attached hydrogens (tertiary/aromatic N) is 2. The Morgan fingerprint density at radius 1 is 1.12 bits per heavy atom. The molecule has 5 heteroatoms. The summed E-state index contributed by atoms with van der Waals surface area (Å²) in [6.07, 6.45) is 1.74. The van der Waals surface area contributed by atoms with E-state index in [1.165, 1.54) is 0 Å². The Morgan fingerprint density at radius 2 is 1.81 bits per heavy atom. The van der Waals surface area contributed by atoms with E-state index in [0.717, 1.165) is 22.4 Å². The second-order valence-electron chi connectivity index (χ2n) is 6.44. The molecule has 1 amide bonds. The van der Waals surface area contributed by atoms with Gasteiger partial charge in [0, 0.05) is 6.20 Å². The molecule has 0 aliphatic heterocycles. The van der Waals surface area contributed by atoms with E-state index in [0.29, 0.717) is 5.69 Å². The number of hydrogen-bond acceptors (Lipinski definition) is 3.